The zero-order valence-corrected chi connectivity index (χ0v) is 13.2. The Morgan fingerprint density at radius 2 is 2.00 bits per heavy atom. The Labute approximate surface area is 133 Å². The molecule has 1 aromatic carbocycles. The lowest BCUT2D eigenvalue weighted by molar-refractivity contribution is 0.0528. The van der Waals surface area contributed by atoms with Gasteiger partial charge < -0.3 is 9.64 Å². The molecule has 3 rings (SSSR count). The number of carbonyl (C=O) groups is 1. The number of esters is 1. The summed E-state index contributed by atoms with van der Waals surface area (Å²) in [4.78, 5) is 22.7. The molecule has 0 unspecified atom stereocenters. The van der Waals surface area contributed by atoms with Gasteiger partial charge in [-0.15, -0.1) is 0 Å². The summed E-state index contributed by atoms with van der Waals surface area (Å²) >= 11 is 0. The van der Waals surface area contributed by atoms with Crippen LogP contribution in [-0.4, -0.2) is 39.2 Å². The lowest BCUT2D eigenvalue weighted by Crippen LogP contribution is -2.17. The molecular weight excluding hydrogens is 294 g/mol. The number of para-hydroxylation sites is 1. The van der Waals surface area contributed by atoms with E-state index >= 15 is 0 Å². The van der Waals surface area contributed by atoms with Gasteiger partial charge in [0.25, 0.3) is 0 Å². The molecule has 0 aliphatic rings. The van der Waals surface area contributed by atoms with Crippen LogP contribution in [0, 0.1) is 6.92 Å². The molecule has 0 saturated carbocycles. The second-order valence-electron chi connectivity index (χ2n) is 4.98. The van der Waals surface area contributed by atoms with Gasteiger partial charge in [0, 0.05) is 12.7 Å². The van der Waals surface area contributed by atoms with E-state index in [0.717, 1.165) is 5.69 Å². The number of rotatable bonds is 4. The zero-order chi connectivity index (χ0) is 16.4. The topological polar surface area (TPSA) is 72.6 Å². The lowest BCUT2D eigenvalue weighted by atomic mass is 10.3. The first-order valence-electron chi connectivity index (χ1n) is 7.30. The summed E-state index contributed by atoms with van der Waals surface area (Å²) in [6.07, 6.45) is 1.46. The van der Waals surface area contributed by atoms with E-state index in [4.69, 9.17) is 4.74 Å². The molecule has 0 aliphatic heterocycles. The zero-order valence-electron chi connectivity index (χ0n) is 13.2. The van der Waals surface area contributed by atoms with Crippen LogP contribution in [0.4, 0.5) is 11.6 Å². The molecule has 2 aromatic heterocycles. The van der Waals surface area contributed by atoms with Crippen molar-refractivity contribution in [2.24, 2.45) is 0 Å². The van der Waals surface area contributed by atoms with Crippen molar-refractivity contribution in [2.75, 3.05) is 18.6 Å². The van der Waals surface area contributed by atoms with Gasteiger partial charge in [-0.3, -0.25) is 0 Å². The van der Waals surface area contributed by atoms with Crippen molar-refractivity contribution < 1.29 is 9.53 Å². The quantitative estimate of drug-likeness (QED) is 0.689. The minimum Gasteiger partial charge on any atom is -0.462 e. The molecular formula is C16H17N5O2. The highest BCUT2D eigenvalue weighted by atomic mass is 16.5. The molecule has 0 radical (unpaired) electrons. The predicted octanol–water partition coefficient (Wildman–Crippen LogP) is 2.38. The van der Waals surface area contributed by atoms with E-state index in [2.05, 4.69) is 15.1 Å². The molecule has 2 heterocycles. The Morgan fingerprint density at radius 1 is 1.26 bits per heavy atom. The fourth-order valence-corrected chi connectivity index (χ4v) is 2.30. The van der Waals surface area contributed by atoms with E-state index < -0.39 is 5.97 Å². The van der Waals surface area contributed by atoms with Gasteiger partial charge in [-0.2, -0.15) is 14.6 Å². The molecule has 3 aromatic rings. The largest absolute Gasteiger partial charge is 0.462 e. The van der Waals surface area contributed by atoms with Crippen LogP contribution in [0.15, 0.2) is 36.5 Å². The van der Waals surface area contributed by atoms with Gasteiger partial charge in [-0.05, 0) is 26.0 Å². The number of aryl methyl sites for hydroxylation is 1. The summed E-state index contributed by atoms with van der Waals surface area (Å²) in [5.74, 6) is 0.699. The van der Waals surface area contributed by atoms with Crippen LogP contribution < -0.4 is 4.90 Å². The van der Waals surface area contributed by atoms with E-state index in [1.807, 2.05) is 42.3 Å². The standard InChI is InChI=1S/C16H17N5O2/c1-4-23-15(22)13-10-17-21-14(13)18-11(2)19-16(21)20(3)12-8-6-5-7-9-12/h5-10H,4H2,1-3H3. The van der Waals surface area contributed by atoms with Gasteiger partial charge in [0.2, 0.25) is 5.95 Å². The average Bonchev–Trinajstić information content (AvgIpc) is 2.98. The number of ether oxygens (including phenoxy) is 1. The molecule has 23 heavy (non-hydrogen) atoms. The second kappa shape index (κ2) is 6.04. The van der Waals surface area contributed by atoms with Crippen molar-refractivity contribution in [2.45, 2.75) is 13.8 Å². The third-order valence-electron chi connectivity index (χ3n) is 3.40. The van der Waals surface area contributed by atoms with Gasteiger partial charge in [-0.25, -0.2) is 9.78 Å². The van der Waals surface area contributed by atoms with Crippen molar-refractivity contribution in [1.29, 1.82) is 0 Å². The summed E-state index contributed by atoms with van der Waals surface area (Å²) in [6, 6.07) is 9.79. The molecule has 0 fully saturated rings. The van der Waals surface area contributed by atoms with E-state index in [1.165, 1.54) is 6.20 Å². The third kappa shape index (κ3) is 2.73. The van der Waals surface area contributed by atoms with E-state index in [0.29, 0.717) is 29.6 Å². The summed E-state index contributed by atoms with van der Waals surface area (Å²) < 4.78 is 6.60. The van der Waals surface area contributed by atoms with Crippen LogP contribution in [0.5, 0.6) is 0 Å². The first-order chi connectivity index (χ1) is 11.1. The van der Waals surface area contributed by atoms with Crippen molar-refractivity contribution >= 4 is 23.3 Å². The number of carbonyl (C=O) groups excluding carboxylic acids is 1. The maximum Gasteiger partial charge on any atom is 0.343 e. The van der Waals surface area contributed by atoms with Gasteiger partial charge in [0.05, 0.1) is 12.8 Å². The van der Waals surface area contributed by atoms with Gasteiger partial charge in [-0.1, -0.05) is 18.2 Å². The van der Waals surface area contributed by atoms with Crippen molar-refractivity contribution in [1.82, 2.24) is 19.6 Å². The second-order valence-corrected chi connectivity index (χ2v) is 4.98. The Morgan fingerprint density at radius 3 is 2.70 bits per heavy atom. The van der Waals surface area contributed by atoms with Crippen LogP contribution in [0.25, 0.3) is 5.65 Å². The summed E-state index contributed by atoms with van der Waals surface area (Å²) in [5.41, 5.74) is 1.73. The Bertz CT molecular complexity index is 844. The van der Waals surface area contributed by atoms with E-state index in [-0.39, 0.29) is 0 Å². The molecule has 0 atom stereocenters. The number of aromatic nitrogens is 4. The number of benzene rings is 1. The highest BCUT2D eigenvalue weighted by molar-refractivity contribution is 5.95. The lowest BCUT2D eigenvalue weighted by Gasteiger charge is -2.19. The minimum absolute atomic E-state index is 0.303. The Kier molecular flexibility index (Phi) is 3.92. The predicted molar refractivity (Wildman–Crippen MR) is 86.0 cm³/mol. The molecule has 0 N–H and O–H groups in total. The normalized spacial score (nSPS) is 10.7. The van der Waals surface area contributed by atoms with Crippen molar-refractivity contribution in [3.63, 3.8) is 0 Å². The fraction of sp³-hybridized carbons (Fsp3) is 0.250. The SMILES string of the molecule is CCOC(=O)c1cnn2c(N(C)c3ccccc3)nc(C)nc12. The number of hydrogen-bond donors (Lipinski definition) is 0. The number of fused-ring (bicyclic) bond motifs is 1. The number of hydrogen-bond acceptors (Lipinski definition) is 6. The Hall–Kier alpha value is -2.96. The first kappa shape index (κ1) is 15.0. The average molecular weight is 311 g/mol. The fourth-order valence-electron chi connectivity index (χ4n) is 2.30. The van der Waals surface area contributed by atoms with Gasteiger partial charge in [0.15, 0.2) is 5.65 Å². The smallest absolute Gasteiger partial charge is 0.343 e. The summed E-state index contributed by atoms with van der Waals surface area (Å²) in [5, 5.41) is 4.26. The molecule has 0 aliphatic carbocycles. The summed E-state index contributed by atoms with van der Waals surface area (Å²) in [7, 11) is 1.89. The van der Waals surface area contributed by atoms with Gasteiger partial charge >= 0.3 is 5.97 Å². The van der Waals surface area contributed by atoms with Crippen LogP contribution in [0.1, 0.15) is 23.1 Å². The monoisotopic (exact) mass is 311 g/mol. The number of anilines is 2. The highest BCUT2D eigenvalue weighted by Gasteiger charge is 2.20. The molecule has 0 saturated heterocycles. The van der Waals surface area contributed by atoms with Crippen LogP contribution in [0.3, 0.4) is 0 Å². The Balaban J connectivity index is 2.13. The third-order valence-corrected chi connectivity index (χ3v) is 3.40. The summed E-state index contributed by atoms with van der Waals surface area (Å²) in [6.45, 7) is 3.85. The minimum atomic E-state index is -0.436. The van der Waals surface area contributed by atoms with E-state index in [1.54, 1.807) is 18.4 Å². The van der Waals surface area contributed by atoms with Crippen LogP contribution >= 0.6 is 0 Å². The van der Waals surface area contributed by atoms with Crippen molar-refractivity contribution in [3.8, 4) is 0 Å². The van der Waals surface area contributed by atoms with Crippen molar-refractivity contribution in [3.05, 3.63) is 47.9 Å². The molecule has 7 heteroatoms. The maximum absolute atomic E-state index is 12.0. The number of nitrogens with zero attached hydrogens (tertiary/aromatic N) is 5. The maximum atomic E-state index is 12.0. The molecule has 0 bridgehead atoms. The van der Waals surface area contributed by atoms with Crippen LogP contribution in [0.2, 0.25) is 0 Å². The van der Waals surface area contributed by atoms with Crippen LogP contribution in [-0.2, 0) is 4.74 Å². The highest BCUT2D eigenvalue weighted by Crippen LogP contribution is 2.23. The molecule has 0 spiro atoms. The first-order valence-corrected chi connectivity index (χ1v) is 7.30. The molecule has 118 valence electrons. The van der Waals surface area contributed by atoms with Gasteiger partial charge in [0.1, 0.15) is 11.4 Å². The van der Waals surface area contributed by atoms with E-state index in [9.17, 15) is 4.79 Å². The molecule has 0 amide bonds. The molecule has 7 nitrogen and oxygen atoms in total.